The van der Waals surface area contributed by atoms with E-state index in [1.54, 1.807) is 7.11 Å². The highest BCUT2D eigenvalue weighted by molar-refractivity contribution is 5.55. The molecule has 0 aliphatic rings. The van der Waals surface area contributed by atoms with Crippen LogP contribution in [0, 0.1) is 12.3 Å². The molecule has 0 amide bonds. The lowest BCUT2D eigenvalue weighted by Gasteiger charge is -2.17. The van der Waals surface area contributed by atoms with Crippen LogP contribution in [0.3, 0.4) is 0 Å². The van der Waals surface area contributed by atoms with E-state index in [2.05, 4.69) is 11.2 Å². The quantitative estimate of drug-likeness (QED) is 0.603. The number of allylic oxidation sites excluding steroid dienone is 1. The molecule has 1 N–H and O–H groups in total. The molecular formula is C16H21NO2. The maximum Gasteiger partial charge on any atom is 0.161 e. The van der Waals surface area contributed by atoms with Crippen molar-refractivity contribution in [1.29, 1.82) is 0 Å². The van der Waals surface area contributed by atoms with Gasteiger partial charge in [0.05, 0.1) is 13.7 Å². The number of methoxy groups -OCH3 is 1. The first-order valence-electron chi connectivity index (χ1n) is 6.32. The van der Waals surface area contributed by atoms with E-state index < -0.39 is 0 Å². The maximum atomic E-state index is 5.84. The second kappa shape index (κ2) is 8.23. The Morgan fingerprint density at radius 3 is 2.84 bits per heavy atom. The van der Waals surface area contributed by atoms with E-state index in [1.807, 2.05) is 44.2 Å². The average Bonchev–Trinajstić information content (AvgIpc) is 2.41. The van der Waals surface area contributed by atoms with E-state index in [0.717, 1.165) is 17.1 Å². The highest BCUT2D eigenvalue weighted by Crippen LogP contribution is 2.29. The fourth-order valence-corrected chi connectivity index (χ4v) is 1.68. The number of terminal acetylenes is 1. The predicted molar refractivity (Wildman–Crippen MR) is 79.5 cm³/mol. The maximum absolute atomic E-state index is 5.84. The van der Waals surface area contributed by atoms with E-state index in [0.29, 0.717) is 13.1 Å². The van der Waals surface area contributed by atoms with Crippen LogP contribution in [0.1, 0.15) is 19.4 Å². The van der Waals surface area contributed by atoms with Gasteiger partial charge >= 0.3 is 0 Å². The normalized spacial score (nSPS) is 12.1. The Kier molecular flexibility index (Phi) is 6.56. The summed E-state index contributed by atoms with van der Waals surface area (Å²) >= 11 is 0. The Morgan fingerprint density at radius 2 is 2.21 bits per heavy atom. The number of nitrogens with one attached hydrogen (secondary N) is 1. The van der Waals surface area contributed by atoms with Gasteiger partial charge in [-0.1, -0.05) is 24.1 Å². The van der Waals surface area contributed by atoms with Gasteiger partial charge in [-0.3, -0.25) is 0 Å². The van der Waals surface area contributed by atoms with Crippen molar-refractivity contribution in [3.8, 4) is 23.8 Å². The van der Waals surface area contributed by atoms with Crippen molar-refractivity contribution in [3.05, 3.63) is 29.8 Å². The molecule has 1 aromatic rings. The minimum atomic E-state index is 0.0230. The first-order valence-corrected chi connectivity index (χ1v) is 6.32. The molecule has 19 heavy (non-hydrogen) atoms. The number of ether oxygens (including phenoxy) is 2. The lowest BCUT2D eigenvalue weighted by atomic mass is 10.2. The summed E-state index contributed by atoms with van der Waals surface area (Å²) in [6, 6.07) is 5.88. The van der Waals surface area contributed by atoms with E-state index >= 15 is 0 Å². The molecule has 1 atom stereocenters. The molecule has 0 heterocycles. The molecule has 0 fully saturated rings. The molecule has 1 rings (SSSR count). The van der Waals surface area contributed by atoms with Crippen molar-refractivity contribution >= 4 is 6.08 Å². The summed E-state index contributed by atoms with van der Waals surface area (Å²) in [5, 5.41) is 3.11. The van der Waals surface area contributed by atoms with Gasteiger partial charge in [-0.15, -0.1) is 6.42 Å². The number of benzene rings is 1. The zero-order chi connectivity index (χ0) is 14.1. The third-order valence-electron chi connectivity index (χ3n) is 2.53. The van der Waals surface area contributed by atoms with Gasteiger partial charge in [-0.05, 0) is 31.5 Å². The van der Waals surface area contributed by atoms with Crippen molar-refractivity contribution in [2.24, 2.45) is 0 Å². The summed E-state index contributed by atoms with van der Waals surface area (Å²) in [5.41, 5.74) is 1.09. The molecule has 0 aliphatic carbocycles. The number of rotatable bonds is 7. The summed E-state index contributed by atoms with van der Waals surface area (Å²) in [6.07, 6.45) is 9.21. The molecule has 0 radical (unpaired) electrons. The Labute approximate surface area is 115 Å². The SMILES string of the molecule is C#CCNCC(C)Oc1ccc(C=CC)cc1OC. The summed E-state index contributed by atoms with van der Waals surface area (Å²) in [6.45, 7) is 5.22. The molecule has 0 bridgehead atoms. The Hall–Kier alpha value is -1.92. The Morgan fingerprint density at radius 1 is 1.42 bits per heavy atom. The monoisotopic (exact) mass is 259 g/mol. The van der Waals surface area contributed by atoms with Crippen molar-refractivity contribution in [1.82, 2.24) is 5.32 Å². The standard InChI is InChI=1S/C16H21NO2/c1-5-7-14-8-9-15(16(11-14)18-4)19-13(3)12-17-10-6-2/h2,5,7-9,11,13,17H,10,12H2,1,3-4H3. The van der Waals surface area contributed by atoms with Gasteiger partial charge in [-0.25, -0.2) is 0 Å². The van der Waals surface area contributed by atoms with Crippen LogP contribution in [-0.2, 0) is 0 Å². The molecule has 0 saturated carbocycles. The molecule has 0 aliphatic heterocycles. The molecule has 1 unspecified atom stereocenters. The zero-order valence-electron chi connectivity index (χ0n) is 11.8. The van der Waals surface area contributed by atoms with Crippen LogP contribution < -0.4 is 14.8 Å². The van der Waals surface area contributed by atoms with Gasteiger partial charge in [0.15, 0.2) is 11.5 Å². The summed E-state index contributed by atoms with van der Waals surface area (Å²) in [4.78, 5) is 0. The minimum Gasteiger partial charge on any atom is -0.493 e. The van der Waals surface area contributed by atoms with E-state index in [1.165, 1.54) is 0 Å². The number of hydrogen-bond donors (Lipinski definition) is 1. The van der Waals surface area contributed by atoms with E-state index in [4.69, 9.17) is 15.9 Å². The van der Waals surface area contributed by atoms with Crippen LogP contribution in [0.5, 0.6) is 11.5 Å². The zero-order valence-corrected chi connectivity index (χ0v) is 11.8. The van der Waals surface area contributed by atoms with Gasteiger partial charge in [0.1, 0.15) is 6.10 Å². The van der Waals surface area contributed by atoms with Crippen LogP contribution in [-0.4, -0.2) is 26.3 Å². The van der Waals surface area contributed by atoms with Crippen LogP contribution in [0.15, 0.2) is 24.3 Å². The summed E-state index contributed by atoms with van der Waals surface area (Å²) in [7, 11) is 1.64. The predicted octanol–water partition coefficient (Wildman–Crippen LogP) is 2.72. The third-order valence-corrected chi connectivity index (χ3v) is 2.53. The van der Waals surface area contributed by atoms with Crippen molar-refractivity contribution < 1.29 is 9.47 Å². The number of hydrogen-bond acceptors (Lipinski definition) is 3. The lowest BCUT2D eigenvalue weighted by Crippen LogP contribution is -2.29. The molecular weight excluding hydrogens is 238 g/mol. The van der Waals surface area contributed by atoms with Gasteiger partial charge in [0.2, 0.25) is 0 Å². The minimum absolute atomic E-state index is 0.0230. The second-order valence-corrected chi connectivity index (χ2v) is 4.17. The van der Waals surface area contributed by atoms with Crippen molar-refractivity contribution in [2.75, 3.05) is 20.2 Å². The molecule has 3 heteroatoms. The highest BCUT2D eigenvalue weighted by atomic mass is 16.5. The summed E-state index contributed by atoms with van der Waals surface area (Å²) < 4.78 is 11.2. The third kappa shape index (κ3) is 5.07. The molecule has 1 aromatic carbocycles. The van der Waals surface area contributed by atoms with E-state index in [9.17, 15) is 0 Å². The van der Waals surface area contributed by atoms with Gasteiger partial charge in [-0.2, -0.15) is 0 Å². The molecule has 102 valence electrons. The lowest BCUT2D eigenvalue weighted by molar-refractivity contribution is 0.209. The largest absolute Gasteiger partial charge is 0.493 e. The van der Waals surface area contributed by atoms with Crippen LogP contribution in [0.4, 0.5) is 0 Å². The Bertz CT molecular complexity index is 460. The van der Waals surface area contributed by atoms with Crippen molar-refractivity contribution in [2.45, 2.75) is 20.0 Å². The average molecular weight is 259 g/mol. The highest BCUT2D eigenvalue weighted by Gasteiger charge is 2.09. The fraction of sp³-hybridized carbons (Fsp3) is 0.375. The first-order chi connectivity index (χ1) is 9.21. The van der Waals surface area contributed by atoms with Crippen molar-refractivity contribution in [3.63, 3.8) is 0 Å². The smallest absolute Gasteiger partial charge is 0.161 e. The van der Waals surface area contributed by atoms with Gasteiger partial charge in [0.25, 0.3) is 0 Å². The first kappa shape index (κ1) is 15.1. The van der Waals surface area contributed by atoms with Crippen LogP contribution >= 0.6 is 0 Å². The molecule has 0 aromatic heterocycles. The van der Waals surface area contributed by atoms with Gasteiger partial charge < -0.3 is 14.8 Å². The van der Waals surface area contributed by atoms with Gasteiger partial charge in [0, 0.05) is 6.54 Å². The second-order valence-electron chi connectivity index (χ2n) is 4.17. The Balaban J connectivity index is 2.69. The molecule has 0 spiro atoms. The van der Waals surface area contributed by atoms with Crippen LogP contribution in [0.2, 0.25) is 0 Å². The topological polar surface area (TPSA) is 30.5 Å². The molecule has 3 nitrogen and oxygen atoms in total. The molecule has 0 saturated heterocycles. The van der Waals surface area contributed by atoms with E-state index in [-0.39, 0.29) is 6.10 Å². The fourth-order valence-electron chi connectivity index (χ4n) is 1.68. The summed E-state index contributed by atoms with van der Waals surface area (Å²) in [5.74, 6) is 4.01. The van der Waals surface area contributed by atoms with Crippen LogP contribution in [0.25, 0.3) is 6.08 Å².